The summed E-state index contributed by atoms with van der Waals surface area (Å²) in [6, 6.07) is 0.442. The van der Waals surface area contributed by atoms with Gasteiger partial charge in [0, 0.05) is 23.6 Å². The molecule has 0 radical (unpaired) electrons. The van der Waals surface area contributed by atoms with Crippen LogP contribution in [0.4, 0.5) is 0 Å². The van der Waals surface area contributed by atoms with Crippen LogP contribution < -0.4 is 5.32 Å². The number of aliphatic hydroxyl groups is 3. The Morgan fingerprint density at radius 3 is 2.78 bits per heavy atom. The summed E-state index contributed by atoms with van der Waals surface area (Å²) in [4.78, 5) is 2.25. The molecule has 2 saturated carbocycles. The van der Waals surface area contributed by atoms with Crippen molar-refractivity contribution >= 4 is 0 Å². The van der Waals surface area contributed by atoms with Gasteiger partial charge >= 0.3 is 0 Å². The first-order valence-electron chi connectivity index (χ1n) is 8.42. The number of rotatable bonds is 2. The largest absolute Gasteiger partial charge is 0.481 e. The van der Waals surface area contributed by atoms with E-state index in [1.165, 1.54) is 6.08 Å². The van der Waals surface area contributed by atoms with Crippen LogP contribution in [0.5, 0.6) is 0 Å². The zero-order valence-electron chi connectivity index (χ0n) is 14.0. The number of nitrogens with one attached hydrogen (secondary N) is 1. The van der Waals surface area contributed by atoms with Crippen molar-refractivity contribution in [2.45, 2.75) is 49.8 Å². The molecule has 0 aromatic heterocycles. The fourth-order valence-corrected chi connectivity index (χ4v) is 5.11. The number of hydrogen-bond donors (Lipinski definition) is 4. The predicted octanol–water partition coefficient (Wildman–Crippen LogP) is 2.02. The van der Waals surface area contributed by atoms with Gasteiger partial charge in [-0.05, 0) is 63.9 Å². The molecule has 0 amide bonds. The molecular formula is C18H28N2O3. The second-order valence-electron chi connectivity index (χ2n) is 7.38. The van der Waals surface area contributed by atoms with E-state index in [4.69, 9.17) is 10.2 Å². The van der Waals surface area contributed by atoms with E-state index in [-0.39, 0.29) is 11.5 Å². The second-order valence-corrected chi connectivity index (χ2v) is 7.38. The third kappa shape index (κ3) is 2.33. The number of piperidine rings is 1. The van der Waals surface area contributed by atoms with Crippen LogP contribution in [0.25, 0.3) is 0 Å². The number of hydrogen-bond acceptors (Lipinski definition) is 5. The molecule has 5 heteroatoms. The molecule has 3 rings (SSSR count). The lowest BCUT2D eigenvalue weighted by Gasteiger charge is -2.65. The van der Waals surface area contributed by atoms with E-state index >= 15 is 0 Å². The first-order valence-corrected chi connectivity index (χ1v) is 8.42. The van der Waals surface area contributed by atoms with Gasteiger partial charge in [0.05, 0.1) is 5.60 Å². The highest BCUT2D eigenvalue weighted by Gasteiger charge is 2.64. The summed E-state index contributed by atoms with van der Waals surface area (Å²) in [5.41, 5.74) is 0.927. The smallest absolute Gasteiger partial charge is 0.274 e. The fourth-order valence-electron chi connectivity index (χ4n) is 5.11. The molecule has 5 nitrogen and oxygen atoms in total. The summed E-state index contributed by atoms with van der Waals surface area (Å²) in [5, 5.41) is 33.1. The van der Waals surface area contributed by atoms with Crippen molar-refractivity contribution in [1.29, 1.82) is 0 Å². The van der Waals surface area contributed by atoms with E-state index in [0.29, 0.717) is 12.5 Å². The van der Waals surface area contributed by atoms with E-state index in [1.807, 2.05) is 7.05 Å². The summed E-state index contributed by atoms with van der Waals surface area (Å²) >= 11 is 0. The zero-order valence-corrected chi connectivity index (χ0v) is 14.0. The number of nitrogens with zero attached hydrogens (tertiary/aromatic N) is 1. The van der Waals surface area contributed by atoms with E-state index in [0.717, 1.165) is 43.4 Å². The molecule has 1 saturated heterocycles. The van der Waals surface area contributed by atoms with Gasteiger partial charge in [-0.25, -0.2) is 0 Å². The van der Waals surface area contributed by atoms with Gasteiger partial charge in [0.25, 0.3) is 5.95 Å². The minimum atomic E-state index is -0.743. The molecule has 3 aliphatic rings. The lowest BCUT2D eigenvalue weighted by atomic mass is 9.48. The van der Waals surface area contributed by atoms with Crippen LogP contribution in [0.15, 0.2) is 35.8 Å². The number of likely N-dealkylation sites (N-methyl/N-ethyl adjacent to an activating group) is 1. The Hall–Kier alpha value is -1.30. The Bertz CT molecular complexity index is 567. The van der Waals surface area contributed by atoms with Gasteiger partial charge in [-0.1, -0.05) is 12.7 Å². The Kier molecular flexibility index (Phi) is 4.07. The summed E-state index contributed by atoms with van der Waals surface area (Å²) in [5.74, 6) is -0.695. The summed E-state index contributed by atoms with van der Waals surface area (Å²) in [6.07, 6.45) is 7.27. The minimum Gasteiger partial charge on any atom is -0.481 e. The van der Waals surface area contributed by atoms with Gasteiger partial charge in [0.2, 0.25) is 0 Å². The summed E-state index contributed by atoms with van der Waals surface area (Å²) < 4.78 is 0. The van der Waals surface area contributed by atoms with Crippen molar-refractivity contribution in [2.75, 3.05) is 20.6 Å². The van der Waals surface area contributed by atoms with Crippen LogP contribution in [-0.2, 0) is 0 Å². The molecule has 2 bridgehead atoms. The number of aliphatic hydroxyl groups excluding tert-OH is 1. The molecule has 23 heavy (non-hydrogen) atoms. The Morgan fingerprint density at radius 1 is 1.39 bits per heavy atom. The lowest BCUT2D eigenvalue weighted by Crippen LogP contribution is -2.71. The van der Waals surface area contributed by atoms with Crippen LogP contribution in [0.3, 0.4) is 0 Å². The van der Waals surface area contributed by atoms with Crippen LogP contribution in [0.2, 0.25) is 0 Å². The van der Waals surface area contributed by atoms with Gasteiger partial charge in [-0.3, -0.25) is 0 Å². The van der Waals surface area contributed by atoms with Crippen molar-refractivity contribution in [2.24, 2.45) is 5.41 Å². The minimum absolute atomic E-state index is 0.0556. The Morgan fingerprint density at radius 2 is 2.13 bits per heavy atom. The molecular weight excluding hydrogens is 292 g/mol. The maximum Gasteiger partial charge on any atom is 0.274 e. The molecule has 1 heterocycles. The highest BCUT2D eigenvalue weighted by atomic mass is 16.5. The molecule has 0 aromatic rings. The molecule has 0 aromatic carbocycles. The van der Waals surface area contributed by atoms with Gasteiger partial charge in [-0.15, -0.1) is 0 Å². The lowest BCUT2D eigenvalue weighted by molar-refractivity contribution is -0.185. The predicted molar refractivity (Wildman–Crippen MR) is 90.3 cm³/mol. The van der Waals surface area contributed by atoms with Crippen molar-refractivity contribution in [1.82, 2.24) is 10.2 Å². The topological polar surface area (TPSA) is 76.0 Å². The van der Waals surface area contributed by atoms with Crippen molar-refractivity contribution in [3.63, 3.8) is 0 Å². The SMILES string of the molecule is C=C1/C(=C\C=C(O)O)CC2N(C)CCC13CC(NC)CCC23O. The Balaban J connectivity index is 2.06. The maximum atomic E-state index is 11.6. The van der Waals surface area contributed by atoms with E-state index in [2.05, 4.69) is 23.8 Å². The Labute approximate surface area is 138 Å². The van der Waals surface area contributed by atoms with Crippen molar-refractivity contribution < 1.29 is 15.3 Å². The summed E-state index contributed by atoms with van der Waals surface area (Å²) in [7, 11) is 4.05. The molecule has 128 valence electrons. The van der Waals surface area contributed by atoms with Crippen LogP contribution in [0.1, 0.15) is 32.1 Å². The molecule has 0 spiro atoms. The van der Waals surface area contributed by atoms with Gasteiger partial charge in [0.1, 0.15) is 0 Å². The fraction of sp³-hybridized carbons (Fsp3) is 0.667. The first kappa shape index (κ1) is 16.6. The third-order valence-corrected chi connectivity index (χ3v) is 6.49. The molecule has 3 fully saturated rings. The van der Waals surface area contributed by atoms with Gasteiger partial charge in [0.15, 0.2) is 0 Å². The van der Waals surface area contributed by atoms with Crippen LogP contribution in [0, 0.1) is 5.41 Å². The molecule has 1 aliphatic heterocycles. The average molecular weight is 320 g/mol. The van der Waals surface area contributed by atoms with Gasteiger partial charge < -0.3 is 25.5 Å². The third-order valence-electron chi connectivity index (χ3n) is 6.49. The van der Waals surface area contributed by atoms with Crippen LogP contribution in [-0.4, -0.2) is 58.5 Å². The zero-order chi connectivity index (χ0) is 16.8. The van der Waals surface area contributed by atoms with E-state index < -0.39 is 11.5 Å². The number of likely N-dealkylation sites (tertiary alicyclic amines) is 1. The quantitative estimate of drug-likeness (QED) is 0.586. The van der Waals surface area contributed by atoms with Gasteiger partial charge in [-0.2, -0.15) is 0 Å². The molecule has 2 aliphatic carbocycles. The van der Waals surface area contributed by atoms with Crippen LogP contribution >= 0.6 is 0 Å². The monoisotopic (exact) mass is 320 g/mol. The normalized spacial score (nSPS) is 42.4. The highest BCUT2D eigenvalue weighted by molar-refractivity contribution is 5.46. The first-order chi connectivity index (χ1) is 10.8. The van der Waals surface area contributed by atoms with E-state index in [9.17, 15) is 5.11 Å². The molecule has 4 atom stereocenters. The second kappa shape index (κ2) is 5.65. The summed E-state index contributed by atoms with van der Waals surface area (Å²) in [6.45, 7) is 5.30. The number of allylic oxidation sites excluding steroid dienone is 2. The standard InChI is InChI=1S/C18H28N2O3/c1-12-13(4-5-16(21)22)10-15-18(23)7-6-14(19-2)11-17(12,18)8-9-20(15)3/h4-5,14-15,19,21-23H,1,6-11H2,2-3H3/b13-4-. The van der Waals surface area contributed by atoms with E-state index in [1.54, 1.807) is 6.08 Å². The van der Waals surface area contributed by atoms with Crippen molar-refractivity contribution in [3.05, 3.63) is 35.8 Å². The highest BCUT2D eigenvalue weighted by Crippen LogP contribution is 2.61. The van der Waals surface area contributed by atoms with Crippen molar-refractivity contribution in [3.8, 4) is 0 Å². The maximum absolute atomic E-state index is 11.6. The molecule has 4 unspecified atom stereocenters. The molecule has 4 N–H and O–H groups in total. The average Bonchev–Trinajstić information content (AvgIpc) is 2.51.